The standard InChI is InChI=1S/C15H17ClN2O/c1-3-8-18-9-7-17-14(18)10-13(19)12-6-4-5-11(2)15(12)16/h4-7,9H,3,8,10H2,1-2H3. The summed E-state index contributed by atoms with van der Waals surface area (Å²) < 4.78 is 2.02. The second kappa shape index (κ2) is 6.02. The van der Waals surface area contributed by atoms with Gasteiger partial charge in [0.15, 0.2) is 5.78 Å². The topological polar surface area (TPSA) is 34.9 Å². The highest BCUT2D eigenvalue weighted by atomic mass is 35.5. The summed E-state index contributed by atoms with van der Waals surface area (Å²) in [7, 11) is 0. The van der Waals surface area contributed by atoms with Gasteiger partial charge in [-0.15, -0.1) is 0 Å². The minimum Gasteiger partial charge on any atom is -0.335 e. The van der Waals surface area contributed by atoms with Crippen LogP contribution in [0, 0.1) is 6.92 Å². The summed E-state index contributed by atoms with van der Waals surface area (Å²) in [5, 5.41) is 0.543. The maximum absolute atomic E-state index is 12.3. The first kappa shape index (κ1) is 13.8. The van der Waals surface area contributed by atoms with Crippen molar-refractivity contribution in [2.75, 3.05) is 0 Å². The molecule has 1 aromatic carbocycles. The van der Waals surface area contributed by atoms with Gasteiger partial charge < -0.3 is 4.57 Å². The Balaban J connectivity index is 2.21. The van der Waals surface area contributed by atoms with Gasteiger partial charge in [0.1, 0.15) is 5.82 Å². The number of hydrogen-bond donors (Lipinski definition) is 0. The lowest BCUT2D eigenvalue weighted by Crippen LogP contribution is -2.11. The van der Waals surface area contributed by atoms with Crippen molar-refractivity contribution in [3.8, 4) is 0 Å². The fourth-order valence-corrected chi connectivity index (χ4v) is 2.28. The second-order valence-electron chi connectivity index (χ2n) is 4.57. The fraction of sp³-hybridized carbons (Fsp3) is 0.333. The van der Waals surface area contributed by atoms with E-state index >= 15 is 0 Å². The van der Waals surface area contributed by atoms with E-state index in [0.717, 1.165) is 24.4 Å². The van der Waals surface area contributed by atoms with Gasteiger partial charge in [0, 0.05) is 24.5 Å². The SMILES string of the molecule is CCCn1ccnc1CC(=O)c1cccc(C)c1Cl. The molecule has 0 aliphatic heterocycles. The van der Waals surface area contributed by atoms with Gasteiger partial charge in [-0.1, -0.05) is 30.7 Å². The Morgan fingerprint density at radius 3 is 2.95 bits per heavy atom. The Kier molecular flexibility index (Phi) is 4.38. The molecule has 0 bridgehead atoms. The molecule has 0 radical (unpaired) electrons. The fourth-order valence-electron chi connectivity index (χ4n) is 2.05. The van der Waals surface area contributed by atoms with Crippen molar-refractivity contribution >= 4 is 17.4 Å². The molecule has 0 unspecified atom stereocenters. The Morgan fingerprint density at radius 1 is 1.42 bits per heavy atom. The molecular weight excluding hydrogens is 260 g/mol. The van der Waals surface area contributed by atoms with Crippen molar-refractivity contribution in [1.29, 1.82) is 0 Å². The number of hydrogen-bond acceptors (Lipinski definition) is 2. The van der Waals surface area contributed by atoms with Crippen molar-refractivity contribution in [3.05, 3.63) is 52.6 Å². The molecule has 0 aliphatic carbocycles. The Labute approximate surface area is 118 Å². The molecule has 19 heavy (non-hydrogen) atoms. The summed E-state index contributed by atoms with van der Waals surface area (Å²) in [6.45, 7) is 4.88. The lowest BCUT2D eigenvalue weighted by atomic mass is 10.1. The van der Waals surface area contributed by atoms with E-state index in [-0.39, 0.29) is 12.2 Å². The Bertz CT molecular complexity index is 590. The van der Waals surface area contributed by atoms with Crippen molar-refractivity contribution in [3.63, 3.8) is 0 Å². The molecule has 0 fully saturated rings. The van der Waals surface area contributed by atoms with Crippen LogP contribution in [0.25, 0.3) is 0 Å². The van der Waals surface area contributed by atoms with Gasteiger partial charge in [-0.3, -0.25) is 4.79 Å². The number of halogens is 1. The van der Waals surface area contributed by atoms with Gasteiger partial charge in [0.05, 0.1) is 11.4 Å². The third-order valence-corrected chi connectivity index (χ3v) is 3.58. The number of benzene rings is 1. The molecule has 2 aromatic rings. The lowest BCUT2D eigenvalue weighted by Gasteiger charge is -2.08. The molecular formula is C15H17ClN2O. The van der Waals surface area contributed by atoms with E-state index in [4.69, 9.17) is 11.6 Å². The smallest absolute Gasteiger partial charge is 0.171 e. The Hall–Kier alpha value is -1.61. The molecule has 4 heteroatoms. The number of ketones is 1. The van der Waals surface area contributed by atoms with E-state index in [2.05, 4.69) is 11.9 Å². The molecule has 0 saturated heterocycles. The van der Waals surface area contributed by atoms with Gasteiger partial charge in [0.2, 0.25) is 0 Å². The van der Waals surface area contributed by atoms with Gasteiger partial charge in [-0.2, -0.15) is 0 Å². The molecule has 0 N–H and O–H groups in total. The van der Waals surface area contributed by atoms with Crippen LogP contribution in [0.4, 0.5) is 0 Å². The minimum atomic E-state index is 0.0113. The second-order valence-corrected chi connectivity index (χ2v) is 4.95. The van der Waals surface area contributed by atoms with E-state index in [1.807, 2.05) is 29.8 Å². The third kappa shape index (κ3) is 3.04. The summed E-state index contributed by atoms with van der Waals surface area (Å²) in [6, 6.07) is 5.52. The number of carbonyl (C=O) groups is 1. The van der Waals surface area contributed by atoms with Crippen LogP contribution in [0.3, 0.4) is 0 Å². The number of imidazole rings is 1. The summed E-state index contributed by atoms with van der Waals surface area (Å²) in [6.07, 6.45) is 4.94. The summed E-state index contributed by atoms with van der Waals surface area (Å²) in [4.78, 5) is 16.6. The molecule has 100 valence electrons. The van der Waals surface area contributed by atoms with Crippen LogP contribution >= 0.6 is 11.6 Å². The van der Waals surface area contributed by atoms with Gasteiger partial charge in [-0.25, -0.2) is 4.98 Å². The number of aryl methyl sites for hydroxylation is 2. The quantitative estimate of drug-likeness (QED) is 0.781. The third-order valence-electron chi connectivity index (χ3n) is 3.08. The van der Waals surface area contributed by atoms with E-state index in [1.54, 1.807) is 12.3 Å². The monoisotopic (exact) mass is 276 g/mol. The van der Waals surface area contributed by atoms with E-state index < -0.39 is 0 Å². The largest absolute Gasteiger partial charge is 0.335 e. The van der Waals surface area contributed by atoms with E-state index in [9.17, 15) is 4.79 Å². The average molecular weight is 277 g/mol. The zero-order valence-corrected chi connectivity index (χ0v) is 11.9. The van der Waals surface area contributed by atoms with Crippen LogP contribution in [0.2, 0.25) is 5.02 Å². The van der Waals surface area contributed by atoms with Gasteiger partial charge >= 0.3 is 0 Å². The zero-order chi connectivity index (χ0) is 13.8. The molecule has 3 nitrogen and oxygen atoms in total. The normalized spacial score (nSPS) is 10.7. The van der Waals surface area contributed by atoms with Crippen LogP contribution in [0.1, 0.15) is 35.1 Å². The zero-order valence-electron chi connectivity index (χ0n) is 11.2. The maximum Gasteiger partial charge on any atom is 0.171 e. The number of carbonyl (C=O) groups excluding carboxylic acids is 1. The maximum atomic E-state index is 12.3. The van der Waals surface area contributed by atoms with E-state index in [0.29, 0.717) is 10.6 Å². The first-order valence-electron chi connectivity index (χ1n) is 6.41. The van der Waals surface area contributed by atoms with Crippen molar-refractivity contribution < 1.29 is 4.79 Å². The van der Waals surface area contributed by atoms with Gasteiger partial charge in [0.25, 0.3) is 0 Å². The van der Waals surface area contributed by atoms with Gasteiger partial charge in [-0.05, 0) is 25.0 Å². The highest BCUT2D eigenvalue weighted by Gasteiger charge is 2.14. The number of nitrogens with zero attached hydrogens (tertiary/aromatic N) is 2. The molecule has 0 saturated carbocycles. The molecule has 1 heterocycles. The highest BCUT2D eigenvalue weighted by molar-refractivity contribution is 6.34. The van der Waals surface area contributed by atoms with Crippen molar-refractivity contribution in [2.45, 2.75) is 33.2 Å². The molecule has 0 aliphatic rings. The molecule has 0 atom stereocenters. The number of rotatable bonds is 5. The molecule has 1 aromatic heterocycles. The summed E-state index contributed by atoms with van der Waals surface area (Å²) in [5.74, 6) is 0.807. The first-order valence-corrected chi connectivity index (χ1v) is 6.79. The van der Waals surface area contributed by atoms with E-state index in [1.165, 1.54) is 0 Å². The minimum absolute atomic E-state index is 0.0113. The van der Waals surface area contributed by atoms with Crippen LogP contribution in [0.5, 0.6) is 0 Å². The lowest BCUT2D eigenvalue weighted by molar-refractivity contribution is 0.0989. The highest BCUT2D eigenvalue weighted by Crippen LogP contribution is 2.21. The van der Waals surface area contributed by atoms with Crippen LogP contribution < -0.4 is 0 Å². The Morgan fingerprint density at radius 2 is 2.21 bits per heavy atom. The predicted octanol–water partition coefficient (Wildman–Crippen LogP) is 3.68. The number of aromatic nitrogens is 2. The van der Waals surface area contributed by atoms with Crippen LogP contribution in [-0.4, -0.2) is 15.3 Å². The van der Waals surface area contributed by atoms with Crippen molar-refractivity contribution in [1.82, 2.24) is 9.55 Å². The summed E-state index contributed by atoms with van der Waals surface area (Å²) in [5.41, 5.74) is 1.50. The number of Topliss-reactive ketones (excluding diaryl/α,β-unsaturated/α-hetero) is 1. The van der Waals surface area contributed by atoms with Crippen LogP contribution in [-0.2, 0) is 13.0 Å². The summed E-state index contributed by atoms with van der Waals surface area (Å²) >= 11 is 6.18. The molecule has 0 spiro atoms. The molecule has 0 amide bonds. The van der Waals surface area contributed by atoms with Crippen LogP contribution in [0.15, 0.2) is 30.6 Å². The molecule has 2 rings (SSSR count). The first-order chi connectivity index (χ1) is 9.13. The predicted molar refractivity (Wildman–Crippen MR) is 76.7 cm³/mol. The van der Waals surface area contributed by atoms with Crippen molar-refractivity contribution in [2.24, 2.45) is 0 Å². The average Bonchev–Trinajstić information content (AvgIpc) is 2.80.